The van der Waals surface area contributed by atoms with E-state index in [0.717, 1.165) is 54.3 Å². The first kappa shape index (κ1) is 17.8. The second-order valence-corrected chi connectivity index (χ2v) is 6.57. The fourth-order valence-electron chi connectivity index (χ4n) is 2.88. The number of hydrogen-bond acceptors (Lipinski definition) is 4. The Bertz CT molecular complexity index is 733. The van der Waals surface area contributed by atoms with Crippen LogP contribution < -0.4 is 16.0 Å². The van der Waals surface area contributed by atoms with Crippen molar-refractivity contribution in [3.05, 3.63) is 65.3 Å². The predicted molar refractivity (Wildman–Crippen MR) is 104 cm³/mol. The molecule has 1 radical (unpaired) electrons. The van der Waals surface area contributed by atoms with E-state index in [1.165, 1.54) is 5.56 Å². The summed E-state index contributed by atoms with van der Waals surface area (Å²) in [6.07, 6.45) is 3.40. The fourth-order valence-corrected chi connectivity index (χ4v) is 3.11. The van der Waals surface area contributed by atoms with Gasteiger partial charge in [0.2, 0.25) is 0 Å². The zero-order valence-electron chi connectivity index (χ0n) is 14.1. The average Bonchev–Trinajstić information content (AvgIpc) is 3.10. The van der Waals surface area contributed by atoms with E-state index < -0.39 is 0 Å². The first-order chi connectivity index (χ1) is 12.2. The summed E-state index contributed by atoms with van der Waals surface area (Å²) in [6.45, 7) is 3.59. The standard InChI is InChI=1S/C20H23ClN3O/c21-17-6-2-1-5-15(17)10-12-22-11-4-3-7-20(25)16-8-9-18-19(13-16)24-14-23-18/h1-2,5-6,8-9,13-14,22-24H,3-4,7,10-12H2. The highest BCUT2D eigenvalue weighted by Crippen LogP contribution is 2.28. The fraction of sp³-hybridized carbons (Fsp3) is 0.300. The molecule has 0 atom stereocenters. The van der Waals surface area contributed by atoms with Crippen LogP contribution in [0.4, 0.5) is 11.4 Å². The molecule has 0 aromatic heterocycles. The summed E-state index contributed by atoms with van der Waals surface area (Å²) in [6, 6.07) is 13.7. The van der Waals surface area contributed by atoms with Gasteiger partial charge in [-0.05, 0) is 62.2 Å². The van der Waals surface area contributed by atoms with E-state index >= 15 is 0 Å². The molecule has 5 heteroatoms. The monoisotopic (exact) mass is 356 g/mol. The second-order valence-electron chi connectivity index (χ2n) is 6.17. The second kappa shape index (κ2) is 8.88. The van der Waals surface area contributed by atoms with Crippen molar-refractivity contribution in [2.24, 2.45) is 0 Å². The molecule has 4 nitrogen and oxygen atoms in total. The normalized spacial score (nSPS) is 12.4. The minimum Gasteiger partial charge on any atom is -0.360 e. The summed E-state index contributed by atoms with van der Waals surface area (Å²) in [5, 5.41) is 10.4. The number of ketones is 1. The summed E-state index contributed by atoms with van der Waals surface area (Å²) in [5.41, 5.74) is 3.92. The molecule has 0 saturated heterocycles. The molecule has 1 aliphatic heterocycles. The van der Waals surface area contributed by atoms with Gasteiger partial charge >= 0.3 is 0 Å². The molecular formula is C20H23ClN3O. The molecule has 0 bridgehead atoms. The van der Waals surface area contributed by atoms with Crippen LogP contribution in [0.2, 0.25) is 5.02 Å². The summed E-state index contributed by atoms with van der Waals surface area (Å²) >= 11 is 6.14. The van der Waals surface area contributed by atoms with Crippen molar-refractivity contribution in [3.8, 4) is 0 Å². The number of fused-ring (bicyclic) bond motifs is 1. The minimum absolute atomic E-state index is 0.201. The predicted octanol–water partition coefficient (Wildman–Crippen LogP) is 4.48. The third-order valence-electron chi connectivity index (χ3n) is 4.33. The Labute approximate surface area is 154 Å². The number of benzene rings is 2. The zero-order chi connectivity index (χ0) is 17.5. The minimum atomic E-state index is 0.201. The largest absolute Gasteiger partial charge is 0.360 e. The number of rotatable bonds is 9. The Morgan fingerprint density at radius 1 is 1.00 bits per heavy atom. The van der Waals surface area contributed by atoms with E-state index in [-0.39, 0.29) is 5.78 Å². The van der Waals surface area contributed by atoms with Crippen molar-refractivity contribution in [1.82, 2.24) is 5.32 Å². The molecule has 2 aromatic carbocycles. The summed E-state index contributed by atoms with van der Waals surface area (Å²) in [5.74, 6) is 0.201. The molecule has 3 rings (SSSR count). The highest BCUT2D eigenvalue weighted by molar-refractivity contribution is 6.31. The van der Waals surface area contributed by atoms with Gasteiger partial charge in [0.15, 0.2) is 5.78 Å². The molecule has 25 heavy (non-hydrogen) atoms. The number of anilines is 2. The third kappa shape index (κ3) is 4.97. The van der Waals surface area contributed by atoms with Gasteiger partial charge in [-0.3, -0.25) is 4.79 Å². The Kier molecular flexibility index (Phi) is 6.31. The number of unbranched alkanes of at least 4 members (excludes halogenated alkanes) is 1. The molecule has 0 spiro atoms. The van der Waals surface area contributed by atoms with Gasteiger partial charge in [-0.25, -0.2) is 0 Å². The van der Waals surface area contributed by atoms with E-state index in [4.69, 9.17) is 11.6 Å². The highest BCUT2D eigenvalue weighted by Gasteiger charge is 2.13. The van der Waals surface area contributed by atoms with Gasteiger partial charge < -0.3 is 16.0 Å². The summed E-state index contributed by atoms with van der Waals surface area (Å²) in [4.78, 5) is 12.3. The molecule has 3 N–H and O–H groups in total. The van der Waals surface area contributed by atoms with Crippen LogP contribution in [0.3, 0.4) is 0 Å². The van der Waals surface area contributed by atoms with E-state index in [1.54, 1.807) is 6.67 Å². The third-order valence-corrected chi connectivity index (χ3v) is 4.70. The van der Waals surface area contributed by atoms with Gasteiger partial charge in [-0.15, -0.1) is 0 Å². The Morgan fingerprint density at radius 3 is 2.72 bits per heavy atom. The van der Waals surface area contributed by atoms with Crippen molar-refractivity contribution in [2.45, 2.75) is 25.7 Å². The number of nitrogens with one attached hydrogen (secondary N) is 3. The molecule has 2 aromatic rings. The molecule has 1 aliphatic rings. The van der Waals surface area contributed by atoms with Crippen LogP contribution in [0, 0.1) is 6.67 Å². The maximum absolute atomic E-state index is 12.3. The van der Waals surface area contributed by atoms with Gasteiger partial charge in [0, 0.05) is 17.0 Å². The molecule has 0 unspecified atom stereocenters. The summed E-state index contributed by atoms with van der Waals surface area (Å²) < 4.78 is 0. The Hall–Kier alpha value is -2.04. The highest BCUT2D eigenvalue weighted by atomic mass is 35.5. The van der Waals surface area contributed by atoms with E-state index in [1.807, 2.05) is 36.4 Å². The van der Waals surface area contributed by atoms with Crippen molar-refractivity contribution in [3.63, 3.8) is 0 Å². The van der Waals surface area contributed by atoms with Crippen molar-refractivity contribution >= 4 is 28.8 Å². The van der Waals surface area contributed by atoms with Crippen LogP contribution in [0.15, 0.2) is 42.5 Å². The molecule has 1 heterocycles. The molecule has 0 amide bonds. The van der Waals surface area contributed by atoms with Crippen LogP contribution in [0.5, 0.6) is 0 Å². The van der Waals surface area contributed by atoms with Crippen LogP contribution in [0.1, 0.15) is 35.2 Å². The lowest BCUT2D eigenvalue weighted by Crippen LogP contribution is -2.18. The molecule has 0 fully saturated rings. The first-order valence-corrected chi connectivity index (χ1v) is 9.08. The van der Waals surface area contributed by atoms with Gasteiger partial charge in [0.1, 0.15) is 6.67 Å². The lowest BCUT2D eigenvalue weighted by Gasteiger charge is -2.07. The maximum atomic E-state index is 12.3. The van der Waals surface area contributed by atoms with Crippen LogP contribution in [-0.2, 0) is 6.42 Å². The number of hydrogen-bond donors (Lipinski definition) is 3. The van der Waals surface area contributed by atoms with Crippen molar-refractivity contribution < 1.29 is 4.79 Å². The molecule has 0 saturated carbocycles. The van der Waals surface area contributed by atoms with Crippen molar-refractivity contribution in [1.29, 1.82) is 0 Å². The number of carbonyl (C=O) groups is 1. The van der Waals surface area contributed by atoms with E-state index in [2.05, 4.69) is 22.0 Å². The Balaban J connectivity index is 1.31. The lowest BCUT2D eigenvalue weighted by atomic mass is 10.0. The topological polar surface area (TPSA) is 53.2 Å². The van der Waals surface area contributed by atoms with Crippen molar-refractivity contribution in [2.75, 3.05) is 23.7 Å². The van der Waals surface area contributed by atoms with Crippen LogP contribution >= 0.6 is 11.6 Å². The van der Waals surface area contributed by atoms with Gasteiger partial charge in [-0.1, -0.05) is 29.8 Å². The Morgan fingerprint density at radius 2 is 1.84 bits per heavy atom. The van der Waals surface area contributed by atoms with E-state index in [0.29, 0.717) is 6.42 Å². The maximum Gasteiger partial charge on any atom is 0.162 e. The SMILES string of the molecule is O=C(CCCCNCCc1ccccc1Cl)c1ccc2c(c1)N[CH]N2. The van der Waals surface area contributed by atoms with Gasteiger partial charge in [0.25, 0.3) is 0 Å². The van der Waals surface area contributed by atoms with Crippen LogP contribution in [0.25, 0.3) is 0 Å². The summed E-state index contributed by atoms with van der Waals surface area (Å²) in [7, 11) is 0. The molecule has 0 aliphatic carbocycles. The van der Waals surface area contributed by atoms with Crippen LogP contribution in [-0.4, -0.2) is 18.9 Å². The molecular weight excluding hydrogens is 334 g/mol. The zero-order valence-corrected chi connectivity index (χ0v) is 14.9. The van der Waals surface area contributed by atoms with Gasteiger partial charge in [-0.2, -0.15) is 0 Å². The van der Waals surface area contributed by atoms with E-state index in [9.17, 15) is 4.79 Å². The lowest BCUT2D eigenvalue weighted by molar-refractivity contribution is 0.0979. The first-order valence-electron chi connectivity index (χ1n) is 8.70. The molecule has 131 valence electrons. The number of halogens is 1. The number of carbonyl (C=O) groups excluding carboxylic acids is 1. The van der Waals surface area contributed by atoms with Gasteiger partial charge in [0.05, 0.1) is 11.4 Å². The average molecular weight is 357 g/mol. The number of Topliss-reactive ketones (excluding diaryl/α,β-unsaturated/α-hetero) is 1. The smallest absolute Gasteiger partial charge is 0.162 e. The quantitative estimate of drug-likeness (QED) is 0.458.